The first-order valence-electron chi connectivity index (χ1n) is 10.8. The molecule has 2 aromatic carbocycles. The van der Waals surface area contributed by atoms with E-state index in [9.17, 15) is 0 Å². The quantitative estimate of drug-likeness (QED) is 0.263. The maximum atomic E-state index is 6.03. The van der Waals surface area contributed by atoms with E-state index >= 15 is 0 Å². The second-order valence-corrected chi connectivity index (χ2v) is 8.05. The zero-order valence-corrected chi connectivity index (χ0v) is 21.3. The number of nitrogens with zero attached hydrogens (tertiary/aromatic N) is 1. The van der Waals surface area contributed by atoms with Gasteiger partial charge in [-0.05, 0) is 43.5 Å². The smallest absolute Gasteiger partial charge is 0.191 e. The van der Waals surface area contributed by atoms with Crippen molar-refractivity contribution in [2.45, 2.75) is 31.7 Å². The number of hydrogen-bond donors (Lipinski definition) is 2. The van der Waals surface area contributed by atoms with Crippen LogP contribution in [0.2, 0.25) is 0 Å². The number of fused-ring (bicyclic) bond motifs is 1. The summed E-state index contributed by atoms with van der Waals surface area (Å²) < 4.78 is 17.0. The van der Waals surface area contributed by atoms with Crippen molar-refractivity contribution < 1.29 is 13.9 Å². The number of furan rings is 1. The summed E-state index contributed by atoms with van der Waals surface area (Å²) in [5.74, 6) is 2.57. The maximum absolute atomic E-state index is 6.03. The van der Waals surface area contributed by atoms with Crippen LogP contribution in [0.25, 0.3) is 11.0 Å². The number of hydrogen-bond acceptors (Lipinski definition) is 4. The molecule has 172 valence electrons. The van der Waals surface area contributed by atoms with Gasteiger partial charge >= 0.3 is 0 Å². The van der Waals surface area contributed by atoms with E-state index in [0.29, 0.717) is 6.54 Å². The highest BCUT2D eigenvalue weighted by Crippen LogP contribution is 2.35. The van der Waals surface area contributed by atoms with E-state index in [4.69, 9.17) is 13.9 Å². The molecule has 1 aliphatic rings. The Kier molecular flexibility index (Phi) is 8.42. The number of rotatable bonds is 6. The molecule has 0 atom stereocenters. The van der Waals surface area contributed by atoms with Gasteiger partial charge in [0.25, 0.3) is 0 Å². The lowest BCUT2D eigenvalue weighted by atomic mass is 9.74. The number of halogens is 1. The van der Waals surface area contributed by atoms with Crippen LogP contribution in [-0.2, 0) is 16.7 Å². The normalized spacial score (nSPS) is 15.8. The third kappa shape index (κ3) is 5.20. The molecule has 0 bridgehead atoms. The molecule has 6 nitrogen and oxygen atoms in total. The molecule has 4 rings (SSSR count). The molecule has 0 unspecified atom stereocenters. The average molecular weight is 549 g/mol. The van der Waals surface area contributed by atoms with E-state index in [2.05, 4.69) is 40.7 Å². The van der Waals surface area contributed by atoms with Crippen LogP contribution in [0.15, 0.2) is 57.9 Å². The van der Waals surface area contributed by atoms with Crippen molar-refractivity contribution in [1.29, 1.82) is 0 Å². The molecular weight excluding hydrogens is 517 g/mol. The Labute approximate surface area is 206 Å². The van der Waals surface area contributed by atoms with E-state index in [-0.39, 0.29) is 29.4 Å². The van der Waals surface area contributed by atoms with E-state index in [1.54, 1.807) is 14.2 Å². The first-order valence-corrected chi connectivity index (χ1v) is 10.8. The van der Waals surface area contributed by atoms with Crippen LogP contribution < -0.4 is 15.4 Å². The Bertz CT molecular complexity index is 1040. The average Bonchev–Trinajstić information content (AvgIpc) is 3.15. The molecule has 1 fully saturated rings. The van der Waals surface area contributed by atoms with Crippen LogP contribution in [0.4, 0.5) is 0 Å². The van der Waals surface area contributed by atoms with Crippen molar-refractivity contribution in [3.05, 3.63) is 65.4 Å². The van der Waals surface area contributed by atoms with Crippen molar-refractivity contribution in [1.82, 2.24) is 10.6 Å². The van der Waals surface area contributed by atoms with Gasteiger partial charge in [-0.1, -0.05) is 30.3 Å². The van der Waals surface area contributed by atoms with Crippen LogP contribution in [0.3, 0.4) is 0 Å². The Morgan fingerprint density at radius 3 is 2.44 bits per heavy atom. The van der Waals surface area contributed by atoms with Gasteiger partial charge in [-0.25, -0.2) is 0 Å². The topological polar surface area (TPSA) is 68.0 Å². The molecule has 2 heterocycles. The molecule has 1 aromatic heterocycles. The van der Waals surface area contributed by atoms with Crippen molar-refractivity contribution in [2.24, 2.45) is 4.99 Å². The van der Waals surface area contributed by atoms with Gasteiger partial charge in [-0.15, -0.1) is 24.0 Å². The minimum atomic E-state index is -0.00256. The van der Waals surface area contributed by atoms with Gasteiger partial charge in [0.1, 0.15) is 17.1 Å². The van der Waals surface area contributed by atoms with Gasteiger partial charge in [-0.3, -0.25) is 4.99 Å². The standard InChI is InChI=1S/C25H31N3O3.HI/c1-18-21-6-4-5-7-22(21)31-23(18)16-27-24(26-2)28-17-25(12-14-30-15-13-25)19-8-10-20(29-3)11-9-19;/h4-11H,12-17H2,1-3H3,(H2,26,27,28);1H. The number of ether oxygens (including phenoxy) is 2. The Morgan fingerprint density at radius 2 is 1.78 bits per heavy atom. The van der Waals surface area contributed by atoms with Crippen LogP contribution >= 0.6 is 24.0 Å². The predicted octanol–water partition coefficient (Wildman–Crippen LogP) is 4.78. The summed E-state index contributed by atoms with van der Waals surface area (Å²) in [4.78, 5) is 4.42. The number of aryl methyl sites for hydroxylation is 1. The molecule has 0 radical (unpaired) electrons. The first-order chi connectivity index (χ1) is 15.1. The Hall–Kier alpha value is -2.26. The highest BCUT2D eigenvalue weighted by Gasteiger charge is 2.34. The molecule has 1 aliphatic heterocycles. The van der Waals surface area contributed by atoms with Crippen molar-refractivity contribution in [2.75, 3.05) is 33.9 Å². The third-order valence-corrected chi connectivity index (χ3v) is 6.33. The fourth-order valence-electron chi connectivity index (χ4n) is 4.31. The van der Waals surface area contributed by atoms with Gasteiger partial charge in [0.2, 0.25) is 0 Å². The number of guanidine groups is 1. The summed E-state index contributed by atoms with van der Waals surface area (Å²) in [5, 5.41) is 8.10. The molecule has 0 aliphatic carbocycles. The fraction of sp³-hybridized carbons (Fsp3) is 0.400. The van der Waals surface area contributed by atoms with Crippen LogP contribution in [0.1, 0.15) is 29.7 Å². The summed E-state index contributed by atoms with van der Waals surface area (Å²) in [5.41, 5.74) is 3.38. The monoisotopic (exact) mass is 549 g/mol. The lowest BCUT2D eigenvalue weighted by Crippen LogP contribution is -2.47. The Morgan fingerprint density at radius 1 is 1.06 bits per heavy atom. The molecule has 0 saturated carbocycles. The lowest BCUT2D eigenvalue weighted by molar-refractivity contribution is 0.0513. The second-order valence-electron chi connectivity index (χ2n) is 8.05. The summed E-state index contributed by atoms with van der Waals surface area (Å²) in [6.45, 7) is 4.98. The minimum Gasteiger partial charge on any atom is -0.497 e. The minimum absolute atomic E-state index is 0. The van der Waals surface area contributed by atoms with Crippen LogP contribution in [0.5, 0.6) is 5.75 Å². The van der Waals surface area contributed by atoms with Gasteiger partial charge in [0.15, 0.2) is 5.96 Å². The molecule has 2 N–H and O–H groups in total. The zero-order chi connectivity index (χ0) is 21.7. The lowest BCUT2D eigenvalue weighted by Gasteiger charge is -2.38. The molecule has 0 amide bonds. The maximum Gasteiger partial charge on any atom is 0.191 e. The fourth-order valence-corrected chi connectivity index (χ4v) is 4.31. The summed E-state index contributed by atoms with van der Waals surface area (Å²) in [6.07, 6.45) is 1.93. The largest absolute Gasteiger partial charge is 0.497 e. The van der Waals surface area contributed by atoms with Crippen molar-refractivity contribution >= 4 is 40.9 Å². The number of methoxy groups -OCH3 is 1. The third-order valence-electron chi connectivity index (χ3n) is 6.33. The van der Waals surface area contributed by atoms with E-state index < -0.39 is 0 Å². The molecule has 7 heteroatoms. The number of nitrogens with one attached hydrogen (secondary N) is 2. The van der Waals surface area contributed by atoms with Gasteiger partial charge in [-0.2, -0.15) is 0 Å². The molecule has 3 aromatic rings. The first kappa shape index (κ1) is 24.4. The predicted molar refractivity (Wildman–Crippen MR) is 139 cm³/mol. The highest BCUT2D eigenvalue weighted by molar-refractivity contribution is 14.0. The zero-order valence-electron chi connectivity index (χ0n) is 18.9. The van der Waals surface area contributed by atoms with Gasteiger partial charge in [0, 0.05) is 43.2 Å². The molecule has 0 spiro atoms. The van der Waals surface area contributed by atoms with Gasteiger partial charge in [0.05, 0.1) is 13.7 Å². The van der Waals surface area contributed by atoms with Gasteiger partial charge < -0.3 is 24.5 Å². The molecule has 32 heavy (non-hydrogen) atoms. The number of aliphatic imine (C=N–C) groups is 1. The summed E-state index contributed by atoms with van der Waals surface area (Å²) >= 11 is 0. The Balaban J connectivity index is 0.00000289. The second kappa shape index (κ2) is 11.0. The van der Waals surface area contributed by atoms with E-state index in [0.717, 1.165) is 66.6 Å². The number of benzene rings is 2. The van der Waals surface area contributed by atoms with Crippen molar-refractivity contribution in [3.63, 3.8) is 0 Å². The van der Waals surface area contributed by atoms with E-state index in [1.165, 1.54) is 5.56 Å². The SMILES string of the molecule is CN=C(NCc1oc2ccccc2c1C)NCC1(c2ccc(OC)cc2)CCOCC1.I. The number of para-hydroxylation sites is 1. The summed E-state index contributed by atoms with van der Waals surface area (Å²) in [6, 6.07) is 16.5. The molecule has 1 saturated heterocycles. The van der Waals surface area contributed by atoms with Crippen molar-refractivity contribution in [3.8, 4) is 5.75 Å². The molecular formula is C25H32IN3O3. The summed E-state index contributed by atoms with van der Waals surface area (Å²) in [7, 11) is 3.49. The highest BCUT2D eigenvalue weighted by atomic mass is 127. The van der Waals surface area contributed by atoms with Crippen LogP contribution in [0, 0.1) is 6.92 Å². The van der Waals surface area contributed by atoms with E-state index in [1.807, 2.05) is 30.3 Å². The van der Waals surface area contributed by atoms with Crippen LogP contribution in [-0.4, -0.2) is 39.9 Å².